The summed E-state index contributed by atoms with van der Waals surface area (Å²) in [7, 11) is 7.80. The predicted octanol–water partition coefficient (Wildman–Crippen LogP) is -0.544. The molecule has 1 fully saturated rings. The molecule has 2 unspecified atom stereocenters. The third kappa shape index (κ3) is 4.28. The minimum atomic E-state index is -0.402. The van der Waals surface area contributed by atoms with Crippen molar-refractivity contribution < 1.29 is 14.6 Å². The Hall–Kier alpha value is -2.97. The number of aliphatic hydroxyl groups is 1. The van der Waals surface area contributed by atoms with Crippen molar-refractivity contribution in [1.82, 2.24) is 24.3 Å². The van der Waals surface area contributed by atoms with Crippen molar-refractivity contribution in [3.05, 3.63) is 24.2 Å². The number of methoxy groups -OCH3 is 1. The molecule has 3 aromatic heterocycles. The maximum absolute atomic E-state index is 10.1. The Balaban J connectivity index is 1.70. The molecule has 0 radical (unpaired) electrons. The zero-order valence-electron chi connectivity index (χ0n) is 20.8. The lowest BCUT2D eigenvalue weighted by Crippen LogP contribution is -2.56. The monoisotopic (exact) mass is 461 g/mol. The Bertz CT molecular complexity index is 1240. The smallest absolute Gasteiger partial charge is 0.257 e. The highest BCUT2D eigenvalue weighted by atomic mass is 16.5. The van der Waals surface area contributed by atoms with E-state index in [-0.39, 0.29) is 22.8 Å². The number of hydrogen-bond donors (Lipinski definition) is 2. The van der Waals surface area contributed by atoms with Crippen LogP contribution >= 0.6 is 0 Å². The lowest BCUT2D eigenvalue weighted by molar-refractivity contribution is -0.135. The number of ether oxygens (including phenoxy) is 2. The first kappa shape index (κ1) is 24.2. The number of anilines is 2. The lowest BCUT2D eigenvalue weighted by atomic mass is 9.49. The molecule has 2 N–H and O–H groups in total. The fourth-order valence-electron chi connectivity index (χ4n) is 4.11. The van der Waals surface area contributed by atoms with E-state index in [1.54, 1.807) is 19.4 Å². The summed E-state index contributed by atoms with van der Waals surface area (Å²) in [6.45, 7) is 6.40. The van der Waals surface area contributed by atoms with E-state index in [0.29, 0.717) is 41.9 Å². The molecule has 13 heteroatoms. The maximum Gasteiger partial charge on any atom is 0.257 e. The fraction of sp³-hybridized carbons (Fsp3) is 0.524. The number of aromatic nitrogens is 5. The topological polar surface area (TPSA) is 123 Å². The second-order valence-electron chi connectivity index (χ2n) is 10.6. The van der Waals surface area contributed by atoms with Crippen molar-refractivity contribution in [1.29, 1.82) is 5.26 Å². The van der Waals surface area contributed by atoms with Crippen molar-refractivity contribution >= 4 is 46.2 Å². The van der Waals surface area contributed by atoms with E-state index < -0.39 is 6.10 Å². The summed E-state index contributed by atoms with van der Waals surface area (Å²) in [6.07, 6.45) is 3.57. The quantitative estimate of drug-likeness (QED) is 0.429. The molecule has 0 aliphatic heterocycles. The molecule has 0 amide bonds. The Morgan fingerprint density at radius 3 is 2.74 bits per heavy atom. The minimum Gasteiger partial charge on any atom is -0.471 e. The highest BCUT2D eigenvalue weighted by Gasteiger charge is 2.49. The molecule has 0 spiro atoms. The molecule has 0 bridgehead atoms. The SMILES string of the molecule is BC(B)(B)n1cc(Nc2ncc3cc(C#N)n([C@@H](C)COC)c3n2)c(OC2CC(O)C2(C)C)n1. The first-order chi connectivity index (χ1) is 16.0. The van der Waals surface area contributed by atoms with Crippen LogP contribution < -0.4 is 10.1 Å². The van der Waals surface area contributed by atoms with Crippen molar-refractivity contribution in [2.24, 2.45) is 5.41 Å². The zero-order valence-corrected chi connectivity index (χ0v) is 20.8. The van der Waals surface area contributed by atoms with E-state index in [1.165, 1.54) is 0 Å². The van der Waals surface area contributed by atoms with Crippen LogP contribution in [0, 0.1) is 16.7 Å². The molecule has 1 saturated carbocycles. The van der Waals surface area contributed by atoms with Crippen LogP contribution in [0.4, 0.5) is 11.6 Å². The molecule has 34 heavy (non-hydrogen) atoms. The number of rotatable bonds is 8. The van der Waals surface area contributed by atoms with Gasteiger partial charge < -0.3 is 24.5 Å². The lowest BCUT2D eigenvalue weighted by Gasteiger charge is -2.48. The molecule has 3 aromatic rings. The number of nitrogens with zero attached hydrogens (tertiary/aromatic N) is 6. The average Bonchev–Trinajstić information content (AvgIpc) is 3.34. The average molecular weight is 461 g/mol. The van der Waals surface area contributed by atoms with Gasteiger partial charge in [0.15, 0.2) is 0 Å². The van der Waals surface area contributed by atoms with Gasteiger partial charge in [-0.25, -0.2) is 4.98 Å². The molecule has 1 aliphatic carbocycles. The summed E-state index contributed by atoms with van der Waals surface area (Å²) in [5, 5.41) is 28.2. The third-order valence-corrected chi connectivity index (χ3v) is 6.53. The summed E-state index contributed by atoms with van der Waals surface area (Å²) < 4.78 is 15.2. The summed E-state index contributed by atoms with van der Waals surface area (Å²) in [5.41, 5.74) is 1.42. The first-order valence-corrected chi connectivity index (χ1v) is 11.4. The van der Waals surface area contributed by atoms with Crippen molar-refractivity contribution in [3.63, 3.8) is 0 Å². The van der Waals surface area contributed by atoms with Gasteiger partial charge in [0, 0.05) is 30.5 Å². The number of hydrogen-bond acceptors (Lipinski definition) is 8. The third-order valence-electron chi connectivity index (χ3n) is 6.53. The highest BCUT2D eigenvalue weighted by Crippen LogP contribution is 2.44. The Morgan fingerprint density at radius 2 is 2.15 bits per heavy atom. The second kappa shape index (κ2) is 8.67. The van der Waals surface area contributed by atoms with Crippen LogP contribution in [-0.2, 0) is 9.97 Å². The summed E-state index contributed by atoms with van der Waals surface area (Å²) in [4.78, 5) is 9.16. The molecule has 3 heterocycles. The van der Waals surface area contributed by atoms with E-state index in [4.69, 9.17) is 14.5 Å². The normalized spacial score (nSPS) is 20.5. The second-order valence-corrected chi connectivity index (χ2v) is 10.6. The van der Waals surface area contributed by atoms with Gasteiger partial charge in [-0.2, -0.15) is 10.2 Å². The summed E-state index contributed by atoms with van der Waals surface area (Å²) >= 11 is 0. The number of nitrogens with one attached hydrogen (secondary N) is 1. The van der Waals surface area contributed by atoms with Gasteiger partial charge in [-0.05, 0) is 18.2 Å². The van der Waals surface area contributed by atoms with Gasteiger partial charge in [-0.3, -0.25) is 4.68 Å². The largest absolute Gasteiger partial charge is 0.471 e. The Morgan fingerprint density at radius 1 is 1.41 bits per heavy atom. The van der Waals surface area contributed by atoms with Crippen molar-refractivity contribution in [3.8, 4) is 11.9 Å². The molecule has 4 rings (SSSR count). The number of fused-ring (bicyclic) bond motifs is 1. The fourth-order valence-corrected chi connectivity index (χ4v) is 4.11. The Kier molecular flexibility index (Phi) is 6.16. The van der Waals surface area contributed by atoms with Crippen LogP contribution in [0.2, 0.25) is 0 Å². The molecule has 1 aliphatic rings. The van der Waals surface area contributed by atoms with E-state index in [9.17, 15) is 10.4 Å². The van der Waals surface area contributed by atoms with Gasteiger partial charge in [-0.15, -0.1) is 5.10 Å². The molecular formula is C21H30B3N7O3. The summed E-state index contributed by atoms with van der Waals surface area (Å²) in [5.74, 6) is 0.802. The predicted molar refractivity (Wildman–Crippen MR) is 137 cm³/mol. The van der Waals surface area contributed by atoms with Crippen LogP contribution in [0.15, 0.2) is 18.5 Å². The van der Waals surface area contributed by atoms with Crippen molar-refractivity contribution in [2.45, 2.75) is 50.7 Å². The maximum atomic E-state index is 10.1. The minimum absolute atomic E-state index is 0.0743. The van der Waals surface area contributed by atoms with Crippen LogP contribution in [0.25, 0.3) is 11.0 Å². The van der Waals surface area contributed by atoms with Crippen LogP contribution in [0.5, 0.6) is 5.88 Å². The number of aliphatic hydroxyl groups excluding tert-OH is 1. The van der Waals surface area contributed by atoms with Crippen LogP contribution in [-0.4, -0.2) is 78.9 Å². The van der Waals surface area contributed by atoms with Crippen LogP contribution in [0.3, 0.4) is 0 Å². The molecule has 0 saturated heterocycles. The van der Waals surface area contributed by atoms with E-state index in [2.05, 4.69) is 45.0 Å². The van der Waals surface area contributed by atoms with Gasteiger partial charge in [0.25, 0.3) is 5.88 Å². The van der Waals surface area contributed by atoms with E-state index in [1.807, 2.05) is 36.2 Å². The standard InChI is InChI=1S/C21H30B3N7O3/c1-11(10-33-4)31-13(7-25)5-12-8-26-19(28-17(12)31)27-14-9-30(21(22,23)24)29-18(14)34-16-6-15(32)20(16,2)3/h5,8-9,11,15-16,32H,6,10,22-24H2,1-4H3,(H,26,27,28)/t11-,15?,16?/m0/s1. The summed E-state index contributed by atoms with van der Waals surface area (Å²) in [6, 6.07) is 3.94. The van der Waals surface area contributed by atoms with Crippen LogP contribution in [0.1, 0.15) is 38.9 Å². The first-order valence-electron chi connectivity index (χ1n) is 11.4. The number of nitriles is 1. The van der Waals surface area contributed by atoms with E-state index >= 15 is 0 Å². The van der Waals surface area contributed by atoms with Gasteiger partial charge in [0.2, 0.25) is 5.95 Å². The molecule has 3 atom stereocenters. The zero-order chi connectivity index (χ0) is 24.8. The van der Waals surface area contributed by atoms with Gasteiger partial charge >= 0.3 is 0 Å². The molecule has 0 aromatic carbocycles. The Labute approximate surface area is 201 Å². The van der Waals surface area contributed by atoms with Gasteiger partial charge in [-0.1, -0.05) is 13.8 Å². The highest BCUT2D eigenvalue weighted by molar-refractivity contribution is 6.56. The van der Waals surface area contributed by atoms with E-state index in [0.717, 1.165) is 5.39 Å². The van der Waals surface area contributed by atoms with Gasteiger partial charge in [0.1, 0.15) is 52.7 Å². The van der Waals surface area contributed by atoms with Gasteiger partial charge in [0.05, 0.1) is 24.9 Å². The van der Waals surface area contributed by atoms with Crippen molar-refractivity contribution in [2.75, 3.05) is 19.0 Å². The molecule has 176 valence electrons. The molecular weight excluding hydrogens is 431 g/mol. The molecule has 10 nitrogen and oxygen atoms in total.